The molecular weight excluding hydrogens is 410 g/mol. The van der Waals surface area contributed by atoms with Crippen LogP contribution in [0.5, 0.6) is 5.75 Å². The molecule has 1 amide bonds. The third kappa shape index (κ3) is 6.76. The third-order valence-electron chi connectivity index (χ3n) is 5.52. The van der Waals surface area contributed by atoms with Gasteiger partial charge in [0, 0.05) is 37.8 Å². The highest BCUT2D eigenvalue weighted by Gasteiger charge is 2.23. The zero-order chi connectivity index (χ0) is 22.4. The van der Waals surface area contributed by atoms with Crippen molar-refractivity contribution in [2.75, 3.05) is 33.4 Å². The Balaban J connectivity index is 1.49. The minimum atomic E-state index is -0.0742. The average molecular weight is 446 g/mol. The maximum Gasteiger partial charge on any atom is 0.263 e. The number of thiazole rings is 1. The van der Waals surface area contributed by atoms with Gasteiger partial charge < -0.3 is 14.8 Å². The van der Waals surface area contributed by atoms with Crippen molar-refractivity contribution in [3.63, 3.8) is 0 Å². The molecule has 7 heteroatoms. The second-order valence-electron chi connectivity index (χ2n) is 9.19. The smallest absolute Gasteiger partial charge is 0.263 e. The van der Waals surface area contributed by atoms with Crippen LogP contribution in [0, 0.1) is 6.92 Å². The topological polar surface area (TPSA) is 63.7 Å². The molecule has 0 bridgehead atoms. The molecule has 1 aromatic heterocycles. The molecule has 0 radical (unpaired) electrons. The van der Waals surface area contributed by atoms with E-state index in [-0.39, 0.29) is 11.3 Å². The van der Waals surface area contributed by atoms with Crippen LogP contribution >= 0.6 is 11.3 Å². The zero-order valence-electron chi connectivity index (χ0n) is 19.4. The van der Waals surface area contributed by atoms with Gasteiger partial charge in [-0.3, -0.25) is 9.69 Å². The summed E-state index contributed by atoms with van der Waals surface area (Å²) in [5, 5.41) is 4.00. The number of aryl methyl sites for hydroxylation is 1. The summed E-state index contributed by atoms with van der Waals surface area (Å²) >= 11 is 1.48. The highest BCUT2D eigenvalue weighted by atomic mass is 32.1. The molecule has 1 saturated heterocycles. The van der Waals surface area contributed by atoms with Gasteiger partial charge in [0.25, 0.3) is 5.91 Å². The van der Waals surface area contributed by atoms with Crippen molar-refractivity contribution >= 4 is 17.2 Å². The van der Waals surface area contributed by atoms with Crippen LogP contribution in [0.3, 0.4) is 0 Å². The monoisotopic (exact) mass is 445 g/mol. The third-order valence-corrected chi connectivity index (χ3v) is 7.10. The van der Waals surface area contributed by atoms with Crippen LogP contribution in [-0.2, 0) is 16.7 Å². The van der Waals surface area contributed by atoms with Gasteiger partial charge in [0.15, 0.2) is 0 Å². The largest absolute Gasteiger partial charge is 0.492 e. The number of amides is 1. The van der Waals surface area contributed by atoms with Gasteiger partial charge in [0.05, 0.1) is 10.7 Å². The van der Waals surface area contributed by atoms with Gasteiger partial charge in [-0.05, 0) is 44.5 Å². The lowest BCUT2D eigenvalue weighted by Crippen LogP contribution is -2.38. The normalized spacial score (nSPS) is 15.3. The Bertz CT molecular complexity index is 869. The summed E-state index contributed by atoms with van der Waals surface area (Å²) in [4.78, 5) is 20.3. The van der Waals surface area contributed by atoms with Gasteiger partial charge in [0.1, 0.15) is 17.2 Å². The molecule has 0 saturated carbocycles. The molecule has 3 rings (SSSR count). The molecule has 1 aliphatic rings. The van der Waals surface area contributed by atoms with Crippen molar-refractivity contribution < 1.29 is 14.3 Å². The van der Waals surface area contributed by atoms with E-state index in [9.17, 15) is 4.79 Å². The first kappa shape index (κ1) is 23.7. The number of likely N-dealkylation sites (N-methyl/N-ethyl adjacent to an activating group) is 1. The molecule has 2 heterocycles. The lowest BCUT2D eigenvalue weighted by Gasteiger charge is -2.31. The molecule has 1 aromatic carbocycles. The number of ether oxygens (including phenoxy) is 2. The van der Waals surface area contributed by atoms with Gasteiger partial charge in [-0.15, -0.1) is 11.3 Å². The van der Waals surface area contributed by atoms with Crippen molar-refractivity contribution in [2.45, 2.75) is 58.5 Å². The van der Waals surface area contributed by atoms with Crippen LogP contribution in [0.2, 0.25) is 0 Å². The molecule has 31 heavy (non-hydrogen) atoms. The van der Waals surface area contributed by atoms with Gasteiger partial charge in [-0.1, -0.05) is 32.9 Å². The number of nitrogens with one attached hydrogen (secondary N) is 1. The standard InChI is InChI=1S/C24H35N3O3S/c1-17-21(31-23(26-17)24(2,3)4)22(28)25-16-18-7-6-8-20(15-18)30-14-11-27(5)19-9-12-29-13-10-19/h6-8,15,19H,9-14,16H2,1-5H3,(H,25,28). The van der Waals surface area contributed by atoms with E-state index < -0.39 is 0 Å². The Morgan fingerprint density at radius 3 is 2.74 bits per heavy atom. The van der Waals surface area contributed by atoms with Crippen molar-refractivity contribution in [3.05, 3.63) is 45.4 Å². The molecule has 1 N–H and O–H groups in total. The summed E-state index contributed by atoms with van der Waals surface area (Å²) in [6.45, 7) is 11.9. The number of benzene rings is 1. The minimum absolute atomic E-state index is 0.0571. The number of carbonyl (C=O) groups is 1. The van der Waals surface area contributed by atoms with Crippen molar-refractivity contribution in [3.8, 4) is 5.75 Å². The number of hydrogen-bond donors (Lipinski definition) is 1. The first-order chi connectivity index (χ1) is 14.7. The zero-order valence-corrected chi connectivity index (χ0v) is 20.2. The van der Waals surface area contributed by atoms with Crippen LogP contribution in [0.4, 0.5) is 0 Å². The van der Waals surface area contributed by atoms with Crippen LogP contribution in [0.25, 0.3) is 0 Å². The summed E-state index contributed by atoms with van der Waals surface area (Å²) in [6.07, 6.45) is 2.17. The van der Waals surface area contributed by atoms with Crippen LogP contribution in [0.15, 0.2) is 24.3 Å². The average Bonchev–Trinajstić information content (AvgIpc) is 3.15. The van der Waals surface area contributed by atoms with Crippen LogP contribution in [-0.4, -0.2) is 55.2 Å². The first-order valence-corrected chi connectivity index (χ1v) is 11.8. The maximum absolute atomic E-state index is 12.7. The van der Waals surface area contributed by atoms with E-state index in [0.29, 0.717) is 24.1 Å². The lowest BCUT2D eigenvalue weighted by molar-refractivity contribution is 0.0392. The van der Waals surface area contributed by atoms with E-state index >= 15 is 0 Å². The molecule has 6 nitrogen and oxygen atoms in total. The Labute approximate surface area is 190 Å². The highest BCUT2D eigenvalue weighted by Crippen LogP contribution is 2.29. The Morgan fingerprint density at radius 2 is 2.06 bits per heavy atom. The van der Waals surface area contributed by atoms with Crippen LogP contribution < -0.4 is 10.1 Å². The van der Waals surface area contributed by atoms with Gasteiger partial charge >= 0.3 is 0 Å². The van der Waals surface area contributed by atoms with E-state index in [2.05, 4.69) is 43.0 Å². The molecule has 0 atom stereocenters. The van der Waals surface area contributed by atoms with Crippen molar-refractivity contribution in [2.24, 2.45) is 0 Å². The molecule has 1 aliphatic heterocycles. The van der Waals surface area contributed by atoms with E-state index in [1.807, 2.05) is 31.2 Å². The van der Waals surface area contributed by atoms with Crippen molar-refractivity contribution in [1.82, 2.24) is 15.2 Å². The highest BCUT2D eigenvalue weighted by molar-refractivity contribution is 7.14. The van der Waals surface area contributed by atoms with E-state index in [0.717, 1.165) is 54.6 Å². The Kier molecular flexibility index (Phi) is 8.08. The second-order valence-corrected chi connectivity index (χ2v) is 10.2. The Morgan fingerprint density at radius 1 is 1.32 bits per heavy atom. The summed E-state index contributed by atoms with van der Waals surface area (Å²) in [6, 6.07) is 8.50. The predicted octanol–water partition coefficient (Wildman–Crippen LogP) is 4.17. The summed E-state index contributed by atoms with van der Waals surface area (Å²) in [7, 11) is 2.15. The molecule has 0 spiro atoms. The van der Waals surface area contributed by atoms with E-state index in [1.165, 1.54) is 11.3 Å². The quantitative estimate of drug-likeness (QED) is 0.661. The number of nitrogens with zero attached hydrogens (tertiary/aromatic N) is 2. The van der Waals surface area contributed by atoms with Crippen molar-refractivity contribution in [1.29, 1.82) is 0 Å². The first-order valence-electron chi connectivity index (χ1n) is 11.0. The van der Waals surface area contributed by atoms with Gasteiger partial charge in [-0.25, -0.2) is 4.98 Å². The summed E-state index contributed by atoms with van der Waals surface area (Å²) in [5.41, 5.74) is 1.75. The number of hydrogen-bond acceptors (Lipinski definition) is 6. The fourth-order valence-electron chi connectivity index (χ4n) is 3.55. The maximum atomic E-state index is 12.7. The molecule has 0 unspecified atom stereocenters. The van der Waals surface area contributed by atoms with E-state index in [1.54, 1.807) is 0 Å². The molecule has 2 aromatic rings. The second kappa shape index (κ2) is 10.6. The fraction of sp³-hybridized carbons (Fsp3) is 0.583. The molecule has 1 fully saturated rings. The summed E-state index contributed by atoms with van der Waals surface area (Å²) < 4.78 is 11.4. The number of aromatic nitrogens is 1. The predicted molar refractivity (Wildman–Crippen MR) is 125 cm³/mol. The fourth-order valence-corrected chi connectivity index (χ4v) is 4.59. The minimum Gasteiger partial charge on any atom is -0.492 e. The Hall–Kier alpha value is -1.96. The van der Waals surface area contributed by atoms with Gasteiger partial charge in [-0.2, -0.15) is 0 Å². The van der Waals surface area contributed by atoms with Crippen LogP contribution in [0.1, 0.15) is 59.5 Å². The molecular formula is C24H35N3O3S. The number of carbonyl (C=O) groups excluding carboxylic acids is 1. The van der Waals surface area contributed by atoms with E-state index in [4.69, 9.17) is 9.47 Å². The number of rotatable bonds is 8. The lowest BCUT2D eigenvalue weighted by atomic mass is 9.98. The van der Waals surface area contributed by atoms with Gasteiger partial charge in [0.2, 0.25) is 0 Å². The molecule has 170 valence electrons. The SMILES string of the molecule is Cc1nc(C(C)(C)C)sc1C(=O)NCc1cccc(OCCN(C)C2CCOCC2)c1. The summed E-state index contributed by atoms with van der Waals surface area (Å²) in [5.74, 6) is 0.756. The molecule has 0 aliphatic carbocycles.